The number of aromatic amines is 1. The molecule has 0 spiro atoms. The number of nitrogens with zero attached hydrogens (tertiary/aromatic N) is 4. The zero-order valence-electron chi connectivity index (χ0n) is 23.1. The van der Waals surface area contributed by atoms with Crippen molar-refractivity contribution in [2.75, 3.05) is 45.3 Å². The second kappa shape index (κ2) is 11.7. The van der Waals surface area contributed by atoms with Gasteiger partial charge in [-0.1, -0.05) is 0 Å². The summed E-state index contributed by atoms with van der Waals surface area (Å²) < 4.78 is 11.5. The van der Waals surface area contributed by atoms with E-state index in [-0.39, 0.29) is 17.5 Å². The molecule has 0 unspecified atom stereocenters. The Hall–Kier alpha value is -4.90. The van der Waals surface area contributed by atoms with Gasteiger partial charge in [-0.05, 0) is 75.6 Å². The standard InChI is InChI=1S/C30H31N5O6/c1-19(36)34(14-4-13-33(2)3)22-8-6-21(7-9-22)31-29(20-5-12-26-27(17-20)41-16-15-40-26)28-24-11-10-23(35(38)39)18-25(24)32-30(28)37/h5-12,17-18,32,37H,4,13-16H2,1-3H3. The highest BCUT2D eigenvalue weighted by atomic mass is 16.6. The molecule has 11 heteroatoms. The Morgan fingerprint density at radius 1 is 1.02 bits per heavy atom. The molecule has 41 heavy (non-hydrogen) atoms. The van der Waals surface area contributed by atoms with Gasteiger partial charge >= 0.3 is 0 Å². The smallest absolute Gasteiger partial charge is 0.271 e. The van der Waals surface area contributed by atoms with Crippen LogP contribution in [0.5, 0.6) is 17.4 Å². The van der Waals surface area contributed by atoms with Gasteiger partial charge in [-0.2, -0.15) is 0 Å². The third kappa shape index (κ3) is 5.99. The number of H-pyrrole nitrogens is 1. The van der Waals surface area contributed by atoms with Gasteiger partial charge < -0.3 is 29.4 Å². The number of aliphatic imine (C=N–C) groups is 1. The molecule has 5 rings (SSSR count). The van der Waals surface area contributed by atoms with Crippen molar-refractivity contribution < 1.29 is 24.3 Å². The highest BCUT2D eigenvalue weighted by Gasteiger charge is 2.23. The molecule has 4 aromatic rings. The third-order valence-electron chi connectivity index (χ3n) is 6.80. The number of amides is 1. The van der Waals surface area contributed by atoms with Crippen LogP contribution in [0.3, 0.4) is 0 Å². The van der Waals surface area contributed by atoms with E-state index in [0.29, 0.717) is 64.7 Å². The van der Waals surface area contributed by atoms with Crippen LogP contribution in [0.1, 0.15) is 24.5 Å². The lowest BCUT2D eigenvalue weighted by Gasteiger charge is -2.22. The van der Waals surface area contributed by atoms with E-state index in [2.05, 4.69) is 9.88 Å². The van der Waals surface area contributed by atoms with Crippen LogP contribution in [0.25, 0.3) is 10.9 Å². The van der Waals surface area contributed by atoms with Gasteiger partial charge in [0, 0.05) is 42.2 Å². The Labute approximate surface area is 236 Å². The van der Waals surface area contributed by atoms with Crippen molar-refractivity contribution in [3.05, 3.63) is 81.9 Å². The summed E-state index contributed by atoms with van der Waals surface area (Å²) >= 11 is 0. The van der Waals surface area contributed by atoms with E-state index >= 15 is 0 Å². The van der Waals surface area contributed by atoms with Gasteiger partial charge in [-0.25, -0.2) is 4.99 Å². The van der Waals surface area contributed by atoms with Gasteiger partial charge in [-0.3, -0.25) is 14.9 Å². The van der Waals surface area contributed by atoms with Crippen molar-refractivity contribution in [1.82, 2.24) is 9.88 Å². The lowest BCUT2D eigenvalue weighted by Crippen LogP contribution is -2.31. The van der Waals surface area contributed by atoms with Crippen molar-refractivity contribution in [1.29, 1.82) is 0 Å². The largest absolute Gasteiger partial charge is 0.494 e. The average Bonchev–Trinajstić information content (AvgIpc) is 3.28. The van der Waals surface area contributed by atoms with Crippen LogP contribution in [0.2, 0.25) is 0 Å². The number of benzene rings is 3. The zero-order valence-corrected chi connectivity index (χ0v) is 23.1. The van der Waals surface area contributed by atoms with Gasteiger partial charge in [0.05, 0.1) is 27.4 Å². The summed E-state index contributed by atoms with van der Waals surface area (Å²) in [4.78, 5) is 34.8. The first-order valence-corrected chi connectivity index (χ1v) is 13.2. The molecular formula is C30H31N5O6. The topological polar surface area (TPSA) is 134 Å². The molecule has 1 amide bonds. The van der Waals surface area contributed by atoms with Crippen molar-refractivity contribution in [2.24, 2.45) is 4.99 Å². The monoisotopic (exact) mass is 557 g/mol. The van der Waals surface area contributed by atoms with E-state index in [0.717, 1.165) is 18.7 Å². The molecule has 0 saturated carbocycles. The Balaban J connectivity index is 1.58. The van der Waals surface area contributed by atoms with Gasteiger partial charge in [0.15, 0.2) is 17.4 Å². The maximum absolute atomic E-state index is 12.4. The molecule has 212 valence electrons. The Morgan fingerprint density at radius 2 is 1.76 bits per heavy atom. The number of nitro benzene ring substituents is 1. The fourth-order valence-electron chi connectivity index (χ4n) is 4.83. The quantitative estimate of drug-likeness (QED) is 0.168. The highest BCUT2D eigenvalue weighted by Crippen LogP contribution is 2.37. The summed E-state index contributed by atoms with van der Waals surface area (Å²) in [6, 6.07) is 17.1. The first-order chi connectivity index (χ1) is 19.7. The normalized spacial score (nSPS) is 13.0. The Kier molecular flexibility index (Phi) is 7.88. The van der Waals surface area contributed by atoms with Crippen molar-refractivity contribution in [3.8, 4) is 17.4 Å². The molecule has 1 aliphatic heterocycles. The number of hydrogen-bond acceptors (Lipinski definition) is 8. The van der Waals surface area contributed by atoms with E-state index in [1.54, 1.807) is 30.0 Å². The molecule has 0 atom stereocenters. The fraction of sp³-hybridized carbons (Fsp3) is 0.267. The molecule has 1 aliphatic rings. The number of nitro groups is 1. The summed E-state index contributed by atoms with van der Waals surface area (Å²) in [7, 11) is 3.99. The number of rotatable bonds is 9. The first-order valence-electron chi connectivity index (χ1n) is 13.2. The first kappa shape index (κ1) is 27.7. The minimum Gasteiger partial charge on any atom is -0.494 e. The minimum absolute atomic E-state index is 0.0465. The van der Waals surface area contributed by atoms with E-state index in [4.69, 9.17) is 14.5 Å². The van der Waals surface area contributed by atoms with Gasteiger partial charge in [-0.15, -0.1) is 0 Å². The van der Waals surface area contributed by atoms with Crippen LogP contribution in [-0.2, 0) is 4.79 Å². The van der Waals surface area contributed by atoms with Crippen LogP contribution in [0.15, 0.2) is 65.7 Å². The fourth-order valence-corrected chi connectivity index (χ4v) is 4.83. The molecule has 3 aromatic carbocycles. The summed E-state index contributed by atoms with van der Waals surface area (Å²) in [5.41, 5.74) is 3.14. The number of carbonyl (C=O) groups excluding carboxylic acids is 1. The molecular weight excluding hydrogens is 526 g/mol. The number of ether oxygens (including phenoxy) is 2. The number of aromatic nitrogens is 1. The van der Waals surface area contributed by atoms with E-state index in [1.165, 1.54) is 12.1 Å². The average molecular weight is 558 g/mol. The van der Waals surface area contributed by atoms with E-state index in [9.17, 15) is 20.0 Å². The SMILES string of the molecule is CC(=O)N(CCCN(C)C)c1ccc(N=C(c2ccc3c(c2)OCCO3)c2c(O)[nH]c3cc([N+](=O)[O-])ccc23)cc1. The molecule has 11 nitrogen and oxygen atoms in total. The van der Waals surface area contributed by atoms with Crippen molar-refractivity contribution in [3.63, 3.8) is 0 Å². The van der Waals surface area contributed by atoms with Crippen LogP contribution < -0.4 is 14.4 Å². The molecule has 0 radical (unpaired) electrons. The number of nitrogens with one attached hydrogen (secondary N) is 1. The van der Waals surface area contributed by atoms with Crippen LogP contribution >= 0.6 is 0 Å². The highest BCUT2D eigenvalue weighted by molar-refractivity contribution is 6.22. The molecule has 0 fully saturated rings. The second-order valence-corrected chi connectivity index (χ2v) is 10.00. The maximum atomic E-state index is 12.4. The number of anilines is 1. The summed E-state index contributed by atoms with van der Waals surface area (Å²) in [5.74, 6) is 0.951. The van der Waals surface area contributed by atoms with Gasteiger partial charge in [0.2, 0.25) is 5.91 Å². The Morgan fingerprint density at radius 3 is 2.44 bits per heavy atom. The molecule has 2 N–H and O–H groups in total. The summed E-state index contributed by atoms with van der Waals surface area (Å²) in [5, 5.41) is 22.9. The van der Waals surface area contributed by atoms with E-state index < -0.39 is 4.92 Å². The predicted octanol–water partition coefficient (Wildman–Crippen LogP) is 5.03. The third-order valence-corrected chi connectivity index (χ3v) is 6.80. The Bertz CT molecular complexity index is 1630. The second-order valence-electron chi connectivity index (χ2n) is 10.00. The molecule has 0 bridgehead atoms. The van der Waals surface area contributed by atoms with Gasteiger partial charge in [0.25, 0.3) is 5.69 Å². The van der Waals surface area contributed by atoms with Gasteiger partial charge in [0.1, 0.15) is 13.2 Å². The minimum atomic E-state index is -0.487. The number of non-ortho nitro benzene ring substituents is 1. The van der Waals surface area contributed by atoms with Crippen molar-refractivity contribution >= 4 is 39.6 Å². The molecule has 2 heterocycles. The number of carbonyl (C=O) groups is 1. The van der Waals surface area contributed by atoms with Crippen LogP contribution in [-0.4, -0.2) is 71.9 Å². The lowest BCUT2D eigenvalue weighted by atomic mass is 10.00. The molecule has 1 aromatic heterocycles. The van der Waals surface area contributed by atoms with Crippen LogP contribution in [0, 0.1) is 10.1 Å². The number of fused-ring (bicyclic) bond motifs is 2. The molecule has 0 aliphatic carbocycles. The van der Waals surface area contributed by atoms with E-state index in [1.807, 2.05) is 44.4 Å². The summed E-state index contributed by atoms with van der Waals surface area (Å²) in [6.45, 7) is 3.86. The maximum Gasteiger partial charge on any atom is 0.271 e. The molecule has 0 saturated heterocycles. The zero-order chi connectivity index (χ0) is 29.1. The van der Waals surface area contributed by atoms with Crippen molar-refractivity contribution in [2.45, 2.75) is 13.3 Å². The van der Waals surface area contributed by atoms with Crippen LogP contribution in [0.4, 0.5) is 17.1 Å². The summed E-state index contributed by atoms with van der Waals surface area (Å²) in [6.07, 6.45) is 0.832. The predicted molar refractivity (Wildman–Crippen MR) is 157 cm³/mol. The number of hydrogen-bond donors (Lipinski definition) is 2. The lowest BCUT2D eigenvalue weighted by molar-refractivity contribution is -0.384. The number of aromatic hydroxyl groups is 1.